The van der Waals surface area contributed by atoms with E-state index in [4.69, 9.17) is 4.74 Å². The van der Waals surface area contributed by atoms with Gasteiger partial charge in [0, 0.05) is 31.8 Å². The third-order valence-electron chi connectivity index (χ3n) is 3.72. The van der Waals surface area contributed by atoms with E-state index < -0.39 is 0 Å². The highest BCUT2D eigenvalue weighted by Gasteiger charge is 2.30. The van der Waals surface area contributed by atoms with Crippen molar-refractivity contribution in [3.63, 3.8) is 0 Å². The second-order valence-corrected chi connectivity index (χ2v) is 4.90. The van der Waals surface area contributed by atoms with Gasteiger partial charge in [0.2, 0.25) is 0 Å². The zero-order chi connectivity index (χ0) is 12.0. The first-order chi connectivity index (χ1) is 7.72. The van der Waals surface area contributed by atoms with Crippen LogP contribution in [0.2, 0.25) is 0 Å². The molecule has 1 aliphatic heterocycles. The van der Waals surface area contributed by atoms with Crippen LogP contribution in [0.3, 0.4) is 0 Å². The second-order valence-electron chi connectivity index (χ2n) is 4.90. The van der Waals surface area contributed by atoms with E-state index in [-0.39, 0.29) is 0 Å². The average molecular weight is 228 g/mol. The van der Waals surface area contributed by atoms with Crippen molar-refractivity contribution in [2.75, 3.05) is 26.8 Å². The van der Waals surface area contributed by atoms with Crippen molar-refractivity contribution in [2.24, 2.45) is 0 Å². The van der Waals surface area contributed by atoms with E-state index in [0.717, 1.165) is 31.8 Å². The Bertz CT molecular complexity index is 181. The van der Waals surface area contributed by atoms with E-state index in [1.54, 1.807) is 7.11 Å². The van der Waals surface area contributed by atoms with E-state index in [0.29, 0.717) is 6.04 Å². The van der Waals surface area contributed by atoms with E-state index in [2.05, 4.69) is 31.0 Å². The fourth-order valence-electron chi connectivity index (χ4n) is 2.81. The van der Waals surface area contributed by atoms with Gasteiger partial charge < -0.3 is 10.1 Å². The molecule has 3 nitrogen and oxygen atoms in total. The summed E-state index contributed by atoms with van der Waals surface area (Å²) in [6.07, 6.45) is 3.99. The summed E-state index contributed by atoms with van der Waals surface area (Å²) >= 11 is 0. The highest BCUT2D eigenvalue weighted by Crippen LogP contribution is 2.25. The SMILES string of the molecule is CCNC(COC)CN1C(C)CCC1CC. The summed E-state index contributed by atoms with van der Waals surface area (Å²) in [6.45, 7) is 9.77. The third kappa shape index (κ3) is 3.72. The molecule has 1 heterocycles. The molecule has 3 atom stereocenters. The Kier molecular flexibility index (Phi) is 6.32. The molecule has 3 heteroatoms. The lowest BCUT2D eigenvalue weighted by Crippen LogP contribution is -2.47. The van der Waals surface area contributed by atoms with Gasteiger partial charge in [-0.2, -0.15) is 0 Å². The van der Waals surface area contributed by atoms with Crippen molar-refractivity contribution < 1.29 is 4.74 Å². The van der Waals surface area contributed by atoms with E-state index >= 15 is 0 Å². The van der Waals surface area contributed by atoms with Gasteiger partial charge in [0.05, 0.1) is 6.61 Å². The highest BCUT2D eigenvalue weighted by molar-refractivity contribution is 4.87. The second kappa shape index (κ2) is 7.25. The first-order valence-electron chi connectivity index (χ1n) is 6.70. The normalized spacial score (nSPS) is 28.5. The first kappa shape index (κ1) is 13.9. The van der Waals surface area contributed by atoms with Crippen LogP contribution in [0.1, 0.15) is 40.0 Å². The molecule has 0 aromatic rings. The number of likely N-dealkylation sites (N-methyl/N-ethyl adjacent to an activating group) is 1. The van der Waals surface area contributed by atoms with Gasteiger partial charge in [0.25, 0.3) is 0 Å². The Balaban J connectivity index is 2.47. The molecule has 3 unspecified atom stereocenters. The summed E-state index contributed by atoms with van der Waals surface area (Å²) in [5, 5.41) is 3.51. The lowest BCUT2D eigenvalue weighted by Gasteiger charge is -2.31. The maximum absolute atomic E-state index is 5.28. The van der Waals surface area contributed by atoms with Crippen LogP contribution in [0.5, 0.6) is 0 Å². The fraction of sp³-hybridized carbons (Fsp3) is 1.00. The molecule has 1 saturated heterocycles. The van der Waals surface area contributed by atoms with Crippen molar-refractivity contribution in [3.05, 3.63) is 0 Å². The van der Waals surface area contributed by atoms with Crippen molar-refractivity contribution in [3.8, 4) is 0 Å². The molecule has 16 heavy (non-hydrogen) atoms. The first-order valence-corrected chi connectivity index (χ1v) is 6.70. The number of rotatable bonds is 7. The Morgan fingerprint density at radius 2 is 2.12 bits per heavy atom. The molecular weight excluding hydrogens is 200 g/mol. The Labute approximate surface area is 101 Å². The monoisotopic (exact) mass is 228 g/mol. The Hall–Kier alpha value is -0.120. The van der Waals surface area contributed by atoms with Gasteiger partial charge in [0.15, 0.2) is 0 Å². The van der Waals surface area contributed by atoms with Gasteiger partial charge in [-0.1, -0.05) is 13.8 Å². The molecule has 0 aliphatic carbocycles. The topological polar surface area (TPSA) is 24.5 Å². The molecule has 1 fully saturated rings. The minimum absolute atomic E-state index is 0.476. The molecular formula is C13H28N2O. The summed E-state index contributed by atoms with van der Waals surface area (Å²) in [5.74, 6) is 0. The van der Waals surface area contributed by atoms with Crippen LogP contribution in [-0.2, 0) is 4.74 Å². The maximum atomic E-state index is 5.28. The van der Waals surface area contributed by atoms with Gasteiger partial charge in [-0.25, -0.2) is 0 Å². The van der Waals surface area contributed by atoms with Crippen molar-refractivity contribution in [1.82, 2.24) is 10.2 Å². The average Bonchev–Trinajstić information content (AvgIpc) is 2.61. The number of hydrogen-bond acceptors (Lipinski definition) is 3. The zero-order valence-corrected chi connectivity index (χ0v) is 11.3. The predicted molar refractivity (Wildman–Crippen MR) is 68.8 cm³/mol. The third-order valence-corrected chi connectivity index (χ3v) is 3.72. The lowest BCUT2D eigenvalue weighted by atomic mass is 10.1. The summed E-state index contributed by atoms with van der Waals surface area (Å²) in [5.41, 5.74) is 0. The van der Waals surface area contributed by atoms with E-state index in [1.807, 2.05) is 0 Å². The quantitative estimate of drug-likeness (QED) is 0.720. The molecule has 0 aromatic carbocycles. The summed E-state index contributed by atoms with van der Waals surface area (Å²) in [7, 11) is 1.79. The highest BCUT2D eigenvalue weighted by atomic mass is 16.5. The number of nitrogens with one attached hydrogen (secondary N) is 1. The molecule has 1 aliphatic rings. The molecule has 0 bridgehead atoms. The molecule has 96 valence electrons. The van der Waals surface area contributed by atoms with Crippen molar-refractivity contribution >= 4 is 0 Å². The van der Waals surface area contributed by atoms with Crippen LogP contribution < -0.4 is 5.32 Å². The summed E-state index contributed by atoms with van der Waals surface area (Å²) < 4.78 is 5.28. The summed E-state index contributed by atoms with van der Waals surface area (Å²) in [6, 6.07) is 2.00. The standard InChI is InChI=1S/C13H28N2O/c1-5-13-8-7-11(3)15(13)9-12(10-16-4)14-6-2/h11-14H,5-10H2,1-4H3. The van der Waals surface area contributed by atoms with Gasteiger partial charge >= 0.3 is 0 Å². The zero-order valence-electron chi connectivity index (χ0n) is 11.3. The lowest BCUT2D eigenvalue weighted by molar-refractivity contribution is 0.118. The smallest absolute Gasteiger partial charge is 0.0628 e. The van der Waals surface area contributed by atoms with Crippen LogP contribution >= 0.6 is 0 Å². The van der Waals surface area contributed by atoms with Gasteiger partial charge in [-0.15, -0.1) is 0 Å². The molecule has 1 N–H and O–H groups in total. The van der Waals surface area contributed by atoms with Crippen LogP contribution in [0.4, 0.5) is 0 Å². The minimum Gasteiger partial charge on any atom is -0.383 e. The van der Waals surface area contributed by atoms with Gasteiger partial charge in [-0.3, -0.25) is 4.90 Å². The molecule has 0 aromatic heterocycles. The molecule has 1 rings (SSSR count). The van der Waals surface area contributed by atoms with Crippen LogP contribution in [0, 0.1) is 0 Å². The van der Waals surface area contributed by atoms with Crippen LogP contribution in [0.15, 0.2) is 0 Å². The molecule has 0 amide bonds. The Morgan fingerprint density at radius 1 is 1.38 bits per heavy atom. The maximum Gasteiger partial charge on any atom is 0.0628 e. The van der Waals surface area contributed by atoms with Crippen LogP contribution in [-0.4, -0.2) is 49.8 Å². The number of methoxy groups -OCH3 is 1. The molecule has 0 spiro atoms. The largest absolute Gasteiger partial charge is 0.383 e. The number of likely N-dealkylation sites (tertiary alicyclic amines) is 1. The number of hydrogen-bond donors (Lipinski definition) is 1. The van der Waals surface area contributed by atoms with E-state index in [9.17, 15) is 0 Å². The predicted octanol–water partition coefficient (Wildman–Crippen LogP) is 1.87. The number of ether oxygens (including phenoxy) is 1. The summed E-state index contributed by atoms with van der Waals surface area (Å²) in [4.78, 5) is 2.66. The van der Waals surface area contributed by atoms with Crippen LogP contribution in [0.25, 0.3) is 0 Å². The van der Waals surface area contributed by atoms with Gasteiger partial charge in [0.1, 0.15) is 0 Å². The number of nitrogens with zero attached hydrogens (tertiary/aromatic N) is 1. The fourth-order valence-corrected chi connectivity index (χ4v) is 2.81. The van der Waals surface area contributed by atoms with Crippen molar-refractivity contribution in [2.45, 2.75) is 58.2 Å². The Morgan fingerprint density at radius 3 is 2.69 bits per heavy atom. The van der Waals surface area contributed by atoms with Crippen molar-refractivity contribution in [1.29, 1.82) is 0 Å². The molecule has 0 radical (unpaired) electrons. The van der Waals surface area contributed by atoms with E-state index in [1.165, 1.54) is 19.3 Å². The molecule has 0 saturated carbocycles. The van der Waals surface area contributed by atoms with Gasteiger partial charge in [-0.05, 0) is 32.7 Å². The minimum atomic E-state index is 0.476.